The predicted octanol–water partition coefficient (Wildman–Crippen LogP) is 4.05. The third-order valence-corrected chi connectivity index (χ3v) is 9.31. The fourth-order valence-corrected chi connectivity index (χ4v) is 6.20. The Balaban J connectivity index is 1.05. The SMILES string of the molecule is CN[C@H](CCCCNC(=O)NCCCc1ccc(Cl)c(CNC2(C(=O)N3CCN(C4CC4)c4ccccc43)CC2)c1)C(=O)O. The van der Waals surface area contributed by atoms with Gasteiger partial charge < -0.3 is 30.9 Å². The first kappa shape index (κ1) is 32.1. The lowest BCUT2D eigenvalue weighted by Gasteiger charge is -2.39. The number of carbonyl (C=O) groups excluding carboxylic acids is 2. The molecule has 2 aliphatic carbocycles. The number of nitrogens with one attached hydrogen (secondary N) is 4. The van der Waals surface area contributed by atoms with Gasteiger partial charge in [0.1, 0.15) is 6.04 Å². The summed E-state index contributed by atoms with van der Waals surface area (Å²) in [6, 6.07) is 14.1. The molecule has 0 spiro atoms. The molecule has 5 N–H and O–H groups in total. The highest BCUT2D eigenvalue weighted by atomic mass is 35.5. The van der Waals surface area contributed by atoms with E-state index in [2.05, 4.69) is 50.4 Å². The zero-order valence-electron chi connectivity index (χ0n) is 25.5. The van der Waals surface area contributed by atoms with Crippen LogP contribution in [-0.4, -0.2) is 73.9 Å². The molecule has 0 unspecified atom stereocenters. The summed E-state index contributed by atoms with van der Waals surface area (Å²) in [6.45, 7) is 3.14. The Bertz CT molecular complexity index is 1330. The Kier molecular flexibility index (Phi) is 10.7. The Hall–Kier alpha value is -3.34. The number of hydrogen-bond donors (Lipinski definition) is 5. The minimum Gasteiger partial charge on any atom is -0.480 e. The number of carbonyl (C=O) groups is 3. The van der Waals surface area contributed by atoms with Crippen molar-refractivity contribution in [2.45, 2.75) is 82.0 Å². The van der Waals surface area contributed by atoms with Crippen molar-refractivity contribution in [1.29, 1.82) is 0 Å². The van der Waals surface area contributed by atoms with E-state index in [0.717, 1.165) is 55.5 Å². The van der Waals surface area contributed by atoms with E-state index in [9.17, 15) is 14.4 Å². The van der Waals surface area contributed by atoms with Crippen molar-refractivity contribution in [3.8, 4) is 0 Å². The average Bonchev–Trinajstić information content (AvgIpc) is 3.96. The standard InChI is InChI=1S/C33H45ClN6O4/c1-35-27(30(41)42)8-4-5-17-36-32(44)37-18-6-7-23-11-14-26(34)24(21-23)22-38-33(15-16-33)31(43)40-20-19-39(25-12-13-25)28-9-2-3-10-29(28)40/h2-3,9-11,14,21,25,27,35,38H,4-8,12-13,15-20,22H2,1H3,(H,41,42)(H2,36,37,44)/t27-/m1/s1. The number of fused-ring (bicyclic) bond motifs is 1. The van der Waals surface area contributed by atoms with E-state index < -0.39 is 17.6 Å². The third kappa shape index (κ3) is 8.02. The van der Waals surface area contributed by atoms with Gasteiger partial charge in [0.2, 0.25) is 5.91 Å². The Morgan fingerprint density at radius 3 is 2.41 bits per heavy atom. The molecule has 5 rings (SSSR count). The van der Waals surface area contributed by atoms with Crippen LogP contribution in [0.4, 0.5) is 16.2 Å². The van der Waals surface area contributed by atoms with Gasteiger partial charge in [-0.05, 0) is 94.2 Å². The fourth-order valence-electron chi connectivity index (χ4n) is 6.02. The number of aryl methyl sites for hydroxylation is 1. The number of amides is 3. The van der Waals surface area contributed by atoms with Gasteiger partial charge in [-0.1, -0.05) is 35.9 Å². The Morgan fingerprint density at radius 2 is 1.73 bits per heavy atom. The van der Waals surface area contributed by atoms with E-state index in [0.29, 0.717) is 50.1 Å². The Labute approximate surface area is 264 Å². The number of benzene rings is 2. The topological polar surface area (TPSA) is 126 Å². The molecular weight excluding hydrogens is 580 g/mol. The highest BCUT2D eigenvalue weighted by Crippen LogP contribution is 2.44. The molecule has 1 aliphatic heterocycles. The number of halogens is 1. The van der Waals surface area contributed by atoms with Gasteiger partial charge in [0.15, 0.2) is 0 Å². The summed E-state index contributed by atoms with van der Waals surface area (Å²) in [4.78, 5) is 41.4. The summed E-state index contributed by atoms with van der Waals surface area (Å²) in [7, 11) is 1.63. The van der Waals surface area contributed by atoms with Crippen molar-refractivity contribution in [2.24, 2.45) is 0 Å². The number of unbranched alkanes of at least 4 members (excludes halogenated alkanes) is 1. The molecule has 11 heteroatoms. The van der Waals surface area contributed by atoms with E-state index in [-0.39, 0.29) is 11.9 Å². The van der Waals surface area contributed by atoms with Crippen LogP contribution in [0.1, 0.15) is 62.5 Å². The van der Waals surface area contributed by atoms with Crippen LogP contribution in [-0.2, 0) is 22.6 Å². The molecule has 44 heavy (non-hydrogen) atoms. The molecule has 1 heterocycles. The monoisotopic (exact) mass is 624 g/mol. The second-order valence-corrected chi connectivity index (χ2v) is 12.6. The van der Waals surface area contributed by atoms with Gasteiger partial charge in [0, 0.05) is 43.8 Å². The molecule has 2 aromatic carbocycles. The molecule has 0 bridgehead atoms. The molecule has 2 fully saturated rings. The van der Waals surface area contributed by atoms with Crippen LogP contribution >= 0.6 is 11.6 Å². The van der Waals surface area contributed by atoms with Gasteiger partial charge in [-0.2, -0.15) is 0 Å². The molecule has 0 saturated heterocycles. The molecular formula is C33H45ClN6O4. The molecule has 2 aromatic rings. The molecule has 3 aliphatic rings. The van der Waals surface area contributed by atoms with Gasteiger partial charge in [0.25, 0.3) is 0 Å². The number of carboxylic acid groups (broad SMARTS) is 1. The summed E-state index contributed by atoms with van der Waals surface area (Å²) >= 11 is 6.57. The van der Waals surface area contributed by atoms with Gasteiger partial charge in [0.05, 0.1) is 16.9 Å². The number of likely N-dealkylation sites (N-methyl/N-ethyl adjacent to an activating group) is 1. The lowest BCUT2D eigenvalue weighted by molar-refractivity contribution is -0.139. The second kappa shape index (κ2) is 14.6. The second-order valence-electron chi connectivity index (χ2n) is 12.2. The van der Waals surface area contributed by atoms with Gasteiger partial charge in [-0.25, -0.2) is 4.79 Å². The first-order valence-corrected chi connectivity index (χ1v) is 16.3. The number of hydrogen-bond acceptors (Lipinski definition) is 6. The number of rotatable bonds is 16. The zero-order chi connectivity index (χ0) is 31.1. The number of urea groups is 1. The van der Waals surface area contributed by atoms with E-state index in [1.807, 2.05) is 23.1 Å². The molecule has 0 aromatic heterocycles. The van der Waals surface area contributed by atoms with Crippen LogP contribution < -0.4 is 31.1 Å². The third-order valence-electron chi connectivity index (χ3n) is 8.95. The number of anilines is 2. The number of aliphatic carboxylic acids is 1. The predicted molar refractivity (Wildman–Crippen MR) is 173 cm³/mol. The van der Waals surface area contributed by atoms with Crippen molar-refractivity contribution >= 4 is 40.9 Å². The average molecular weight is 625 g/mol. The maximum absolute atomic E-state index is 13.9. The maximum Gasteiger partial charge on any atom is 0.320 e. The molecule has 2 saturated carbocycles. The lowest BCUT2D eigenvalue weighted by Crippen LogP contribution is -2.53. The minimum atomic E-state index is -0.858. The normalized spacial score (nSPS) is 17.5. The first-order valence-electron chi connectivity index (χ1n) is 15.9. The quantitative estimate of drug-likeness (QED) is 0.178. The Morgan fingerprint density at radius 1 is 1.00 bits per heavy atom. The van der Waals surface area contributed by atoms with Gasteiger partial charge in [-0.3, -0.25) is 14.9 Å². The summed E-state index contributed by atoms with van der Waals surface area (Å²) < 4.78 is 0. The zero-order valence-corrected chi connectivity index (χ0v) is 26.3. The molecule has 238 valence electrons. The number of carboxylic acids is 1. The van der Waals surface area contributed by atoms with E-state index in [1.54, 1.807) is 7.05 Å². The van der Waals surface area contributed by atoms with Crippen LogP contribution in [0.5, 0.6) is 0 Å². The number of nitrogens with zero attached hydrogens (tertiary/aromatic N) is 2. The summed E-state index contributed by atoms with van der Waals surface area (Å²) in [5, 5.41) is 21.8. The minimum absolute atomic E-state index is 0.152. The van der Waals surface area contributed by atoms with Crippen LogP contribution in [0, 0.1) is 0 Å². The van der Waals surface area contributed by atoms with Crippen molar-refractivity contribution in [3.63, 3.8) is 0 Å². The first-order chi connectivity index (χ1) is 21.3. The lowest BCUT2D eigenvalue weighted by atomic mass is 10.1. The van der Waals surface area contributed by atoms with Crippen LogP contribution in [0.15, 0.2) is 42.5 Å². The molecule has 1 atom stereocenters. The summed E-state index contributed by atoms with van der Waals surface area (Å²) in [5.41, 5.74) is 3.74. The van der Waals surface area contributed by atoms with Crippen molar-refractivity contribution in [2.75, 3.05) is 43.0 Å². The largest absolute Gasteiger partial charge is 0.480 e. The van der Waals surface area contributed by atoms with Crippen molar-refractivity contribution in [3.05, 3.63) is 58.6 Å². The summed E-state index contributed by atoms with van der Waals surface area (Å²) in [6.07, 6.45) is 7.63. The molecule has 10 nitrogen and oxygen atoms in total. The van der Waals surface area contributed by atoms with E-state index in [4.69, 9.17) is 16.7 Å². The number of para-hydroxylation sites is 2. The van der Waals surface area contributed by atoms with E-state index >= 15 is 0 Å². The van der Waals surface area contributed by atoms with Crippen molar-refractivity contribution < 1.29 is 19.5 Å². The molecule has 3 amide bonds. The smallest absolute Gasteiger partial charge is 0.320 e. The van der Waals surface area contributed by atoms with Gasteiger partial charge >= 0.3 is 12.0 Å². The highest BCUT2D eigenvalue weighted by molar-refractivity contribution is 6.31. The van der Waals surface area contributed by atoms with E-state index in [1.165, 1.54) is 18.5 Å². The van der Waals surface area contributed by atoms with Gasteiger partial charge in [-0.15, -0.1) is 0 Å². The fraction of sp³-hybridized carbons (Fsp3) is 0.545. The van der Waals surface area contributed by atoms with Crippen molar-refractivity contribution in [1.82, 2.24) is 21.3 Å². The molecule has 0 radical (unpaired) electrons. The maximum atomic E-state index is 13.9. The van der Waals surface area contributed by atoms with Crippen LogP contribution in [0.2, 0.25) is 5.02 Å². The van der Waals surface area contributed by atoms with Crippen LogP contribution in [0.3, 0.4) is 0 Å². The summed E-state index contributed by atoms with van der Waals surface area (Å²) in [5.74, 6) is -0.705. The highest BCUT2D eigenvalue weighted by Gasteiger charge is 2.52. The van der Waals surface area contributed by atoms with Crippen LogP contribution in [0.25, 0.3) is 0 Å².